The molecule has 0 rings (SSSR count). The van der Waals surface area contributed by atoms with Crippen molar-refractivity contribution in [1.29, 1.82) is 0 Å². The van der Waals surface area contributed by atoms with Crippen molar-refractivity contribution in [2.45, 2.75) is 56.5 Å². The van der Waals surface area contributed by atoms with Crippen molar-refractivity contribution >= 4 is 54.0 Å². The molecule has 0 heterocycles. The number of carbonyl (C=O) groups excluding carboxylic acids is 4. The van der Waals surface area contributed by atoms with E-state index in [0.717, 1.165) is 0 Å². The number of carboxylic acids is 1. The first-order chi connectivity index (χ1) is 14.4. The van der Waals surface area contributed by atoms with Crippen LogP contribution in [-0.4, -0.2) is 87.8 Å². The SMILES string of the molecule is CSCCC(NC(=O)C(N)CS)C(=O)NC(C(=O)NC(CCC(N)=O)C(=O)O)C(C)O. The second-order valence-corrected chi connectivity index (χ2v) is 8.11. The van der Waals surface area contributed by atoms with Gasteiger partial charge in [-0.15, -0.1) is 0 Å². The molecule has 0 spiro atoms. The van der Waals surface area contributed by atoms with Gasteiger partial charge in [-0.2, -0.15) is 24.4 Å². The van der Waals surface area contributed by atoms with Gasteiger partial charge in [0.25, 0.3) is 0 Å². The summed E-state index contributed by atoms with van der Waals surface area (Å²) in [5, 5.41) is 26.1. The molecule has 0 aromatic heterocycles. The molecule has 14 heteroatoms. The Hall–Kier alpha value is -2.03. The third kappa shape index (κ3) is 11.2. The third-order valence-electron chi connectivity index (χ3n) is 4.13. The standard InChI is InChI=1S/C17H31N5O7S2/c1-8(23)13(16(27)21-11(17(28)29)3-4-12(19)24)22-15(26)10(5-6-31-2)20-14(25)9(18)7-30/h8-11,13,23,30H,3-7,18H2,1-2H3,(H2,19,24)(H,20,25)(H,21,27)(H,22,26)(H,28,29). The molecular weight excluding hydrogens is 450 g/mol. The second-order valence-electron chi connectivity index (χ2n) is 6.76. The van der Waals surface area contributed by atoms with Crippen molar-refractivity contribution in [2.24, 2.45) is 11.5 Å². The van der Waals surface area contributed by atoms with E-state index in [-0.39, 0.29) is 25.0 Å². The number of carboxylic acid groups (broad SMARTS) is 1. The number of aliphatic carboxylic acids is 1. The van der Waals surface area contributed by atoms with E-state index in [1.807, 2.05) is 0 Å². The van der Waals surface area contributed by atoms with E-state index in [1.165, 1.54) is 18.7 Å². The zero-order chi connectivity index (χ0) is 24.1. The Balaban J connectivity index is 5.32. The first kappa shape index (κ1) is 29.0. The molecule has 0 radical (unpaired) electrons. The molecule has 0 fully saturated rings. The highest BCUT2D eigenvalue weighted by Gasteiger charge is 2.32. The van der Waals surface area contributed by atoms with Gasteiger partial charge in [-0.1, -0.05) is 0 Å². The number of rotatable bonds is 15. The van der Waals surface area contributed by atoms with Crippen LogP contribution in [0.5, 0.6) is 0 Å². The Morgan fingerprint density at radius 2 is 1.58 bits per heavy atom. The van der Waals surface area contributed by atoms with Gasteiger partial charge in [0.1, 0.15) is 18.1 Å². The number of nitrogens with one attached hydrogen (secondary N) is 3. The van der Waals surface area contributed by atoms with Gasteiger partial charge in [-0.25, -0.2) is 4.79 Å². The average molecular weight is 482 g/mol. The summed E-state index contributed by atoms with van der Waals surface area (Å²) < 4.78 is 0. The van der Waals surface area contributed by atoms with Gasteiger partial charge in [-0.3, -0.25) is 19.2 Å². The Morgan fingerprint density at radius 3 is 2.03 bits per heavy atom. The number of thiol groups is 1. The quantitative estimate of drug-likeness (QED) is 0.113. The molecule has 5 atom stereocenters. The van der Waals surface area contributed by atoms with Gasteiger partial charge < -0.3 is 37.6 Å². The zero-order valence-corrected chi connectivity index (χ0v) is 19.1. The van der Waals surface area contributed by atoms with E-state index in [4.69, 9.17) is 11.5 Å². The fraction of sp³-hybridized carbons (Fsp3) is 0.706. The smallest absolute Gasteiger partial charge is 0.326 e. The van der Waals surface area contributed by atoms with Crippen molar-refractivity contribution in [3.8, 4) is 0 Å². The van der Waals surface area contributed by atoms with Crippen LogP contribution in [0, 0.1) is 0 Å². The van der Waals surface area contributed by atoms with Crippen LogP contribution in [0.15, 0.2) is 0 Å². The first-order valence-electron chi connectivity index (χ1n) is 9.40. The molecule has 0 aliphatic carbocycles. The summed E-state index contributed by atoms with van der Waals surface area (Å²) in [6.45, 7) is 1.23. The molecule has 4 amide bonds. The van der Waals surface area contributed by atoms with Crippen LogP contribution in [0.1, 0.15) is 26.2 Å². The molecule has 12 nitrogen and oxygen atoms in total. The minimum Gasteiger partial charge on any atom is -0.480 e. The van der Waals surface area contributed by atoms with Crippen molar-refractivity contribution in [3.05, 3.63) is 0 Å². The van der Waals surface area contributed by atoms with Crippen LogP contribution in [0.2, 0.25) is 0 Å². The molecular formula is C17H31N5O7S2. The zero-order valence-electron chi connectivity index (χ0n) is 17.4. The van der Waals surface area contributed by atoms with Crippen LogP contribution in [0.4, 0.5) is 0 Å². The minimum absolute atomic E-state index is 0.0588. The van der Waals surface area contributed by atoms with Crippen molar-refractivity contribution in [2.75, 3.05) is 17.8 Å². The number of aliphatic hydroxyl groups is 1. The van der Waals surface area contributed by atoms with Crippen molar-refractivity contribution in [1.82, 2.24) is 16.0 Å². The van der Waals surface area contributed by atoms with Crippen LogP contribution in [-0.2, 0) is 24.0 Å². The summed E-state index contributed by atoms with van der Waals surface area (Å²) in [6, 6.07) is -4.93. The Labute approximate surface area is 190 Å². The summed E-state index contributed by atoms with van der Waals surface area (Å²) in [5.41, 5.74) is 10.6. The molecule has 0 aliphatic heterocycles. The fourth-order valence-electron chi connectivity index (χ4n) is 2.33. The summed E-state index contributed by atoms with van der Waals surface area (Å²) in [5.74, 6) is -3.91. The van der Waals surface area contributed by atoms with Crippen LogP contribution >= 0.6 is 24.4 Å². The van der Waals surface area contributed by atoms with Crippen LogP contribution < -0.4 is 27.4 Å². The average Bonchev–Trinajstić information content (AvgIpc) is 2.70. The molecule has 0 bridgehead atoms. The number of primary amides is 1. The Kier molecular flexibility index (Phi) is 13.9. The van der Waals surface area contributed by atoms with Crippen molar-refractivity contribution < 1.29 is 34.2 Å². The van der Waals surface area contributed by atoms with Crippen LogP contribution in [0.25, 0.3) is 0 Å². The van der Waals surface area contributed by atoms with Gasteiger partial charge >= 0.3 is 5.97 Å². The predicted molar refractivity (Wildman–Crippen MR) is 118 cm³/mol. The van der Waals surface area contributed by atoms with Gasteiger partial charge in [0.2, 0.25) is 23.6 Å². The number of hydrogen-bond donors (Lipinski definition) is 8. The molecule has 31 heavy (non-hydrogen) atoms. The first-order valence-corrected chi connectivity index (χ1v) is 11.4. The van der Waals surface area contributed by atoms with Crippen LogP contribution in [0.3, 0.4) is 0 Å². The number of nitrogens with two attached hydrogens (primary N) is 2. The number of amides is 4. The highest BCUT2D eigenvalue weighted by atomic mass is 32.2. The molecule has 0 saturated heterocycles. The molecule has 0 saturated carbocycles. The van der Waals surface area contributed by atoms with Crippen molar-refractivity contribution in [3.63, 3.8) is 0 Å². The van der Waals surface area contributed by atoms with E-state index >= 15 is 0 Å². The highest BCUT2D eigenvalue weighted by Crippen LogP contribution is 2.05. The van der Waals surface area contributed by atoms with E-state index in [0.29, 0.717) is 5.75 Å². The monoisotopic (exact) mass is 481 g/mol. The fourth-order valence-corrected chi connectivity index (χ4v) is 2.97. The molecule has 0 aromatic carbocycles. The molecule has 5 unspecified atom stereocenters. The lowest BCUT2D eigenvalue weighted by Gasteiger charge is -2.26. The predicted octanol–water partition coefficient (Wildman–Crippen LogP) is -2.82. The minimum atomic E-state index is -1.50. The number of hydrogen-bond acceptors (Lipinski definition) is 9. The topological polar surface area (TPSA) is 214 Å². The van der Waals surface area contributed by atoms with Gasteiger partial charge in [0, 0.05) is 12.2 Å². The molecule has 0 aromatic rings. The maximum Gasteiger partial charge on any atom is 0.326 e. The number of thioether (sulfide) groups is 1. The molecule has 178 valence electrons. The summed E-state index contributed by atoms with van der Waals surface area (Å²) >= 11 is 5.36. The Morgan fingerprint density at radius 1 is 1.00 bits per heavy atom. The van der Waals surface area contributed by atoms with E-state index in [1.54, 1.807) is 6.26 Å². The normalized spacial score (nSPS) is 15.6. The number of aliphatic hydroxyl groups excluding tert-OH is 1. The number of carbonyl (C=O) groups is 5. The van der Waals surface area contributed by atoms with E-state index in [2.05, 4.69) is 28.6 Å². The summed E-state index contributed by atoms with van der Waals surface area (Å²) in [6.07, 6.45) is 0.108. The van der Waals surface area contributed by atoms with E-state index < -0.39 is 59.9 Å². The maximum atomic E-state index is 12.7. The molecule has 0 aliphatic rings. The van der Waals surface area contributed by atoms with Gasteiger partial charge in [-0.05, 0) is 31.8 Å². The van der Waals surface area contributed by atoms with Gasteiger partial charge in [0.05, 0.1) is 12.1 Å². The second kappa shape index (κ2) is 14.9. The lowest BCUT2D eigenvalue weighted by atomic mass is 10.1. The summed E-state index contributed by atoms with van der Waals surface area (Å²) in [4.78, 5) is 59.4. The largest absolute Gasteiger partial charge is 0.480 e. The molecule has 9 N–H and O–H groups in total. The highest BCUT2D eigenvalue weighted by molar-refractivity contribution is 7.98. The Bertz CT molecular complexity index is 650. The third-order valence-corrected chi connectivity index (χ3v) is 5.17. The lowest BCUT2D eigenvalue weighted by molar-refractivity contribution is -0.143. The lowest BCUT2D eigenvalue weighted by Crippen LogP contribution is -2.60. The van der Waals surface area contributed by atoms with E-state index in [9.17, 15) is 34.2 Å². The summed E-state index contributed by atoms with van der Waals surface area (Å²) in [7, 11) is 0. The maximum absolute atomic E-state index is 12.7. The van der Waals surface area contributed by atoms with Gasteiger partial charge in [0.15, 0.2) is 0 Å².